The maximum atomic E-state index is 13.0. The molecule has 3 heterocycles. The first kappa shape index (κ1) is 29.7. The summed E-state index contributed by atoms with van der Waals surface area (Å²) in [4.78, 5) is 51.8. The van der Waals surface area contributed by atoms with Crippen LogP contribution >= 0.6 is 11.8 Å². The molecule has 2 saturated heterocycles. The molecule has 0 aromatic heterocycles. The molecular weight excluding hydrogens is 509 g/mol. The molecule has 2 amide bonds. The molecule has 194 valence electrons. The Kier molecular flexibility index (Phi) is 9.52. The van der Waals surface area contributed by atoms with Gasteiger partial charge in [0.15, 0.2) is 0 Å². The summed E-state index contributed by atoms with van der Waals surface area (Å²) in [6, 6.07) is 5.04. The summed E-state index contributed by atoms with van der Waals surface area (Å²) < 4.78 is 5.43. The molecule has 1 aromatic rings. The molecule has 10 nitrogen and oxygen atoms in total. The van der Waals surface area contributed by atoms with Crippen LogP contribution in [0.15, 0.2) is 34.9 Å². The predicted molar refractivity (Wildman–Crippen MR) is 130 cm³/mol. The number of amides is 2. The minimum Gasteiger partial charge on any atom is -0.545 e. The number of β-lactam (4-membered cyclic amide) rings is 1. The van der Waals surface area contributed by atoms with E-state index in [-0.39, 0.29) is 75.9 Å². The number of hydrogen-bond acceptors (Lipinski definition) is 9. The van der Waals surface area contributed by atoms with Gasteiger partial charge < -0.3 is 35.3 Å². The Morgan fingerprint density at radius 1 is 1.27 bits per heavy atom. The van der Waals surface area contributed by atoms with E-state index >= 15 is 0 Å². The second kappa shape index (κ2) is 11.9. The van der Waals surface area contributed by atoms with Gasteiger partial charge in [-0.2, -0.15) is 0 Å². The van der Waals surface area contributed by atoms with Crippen molar-refractivity contribution < 1.29 is 63.7 Å². The molecule has 0 spiro atoms. The van der Waals surface area contributed by atoms with Crippen molar-refractivity contribution in [2.45, 2.75) is 63.7 Å². The number of thioether (sulfide) groups is 1. The topological polar surface area (TPSA) is 148 Å². The number of carboxylic acid groups (broad SMARTS) is 1. The average Bonchev–Trinajstić information content (AvgIpc) is 3.35. The number of esters is 1. The molecule has 0 radical (unpaired) electrons. The molecule has 4 rings (SSSR count). The van der Waals surface area contributed by atoms with Crippen LogP contribution in [0.2, 0.25) is 0 Å². The third-order valence-electron chi connectivity index (χ3n) is 6.71. The van der Waals surface area contributed by atoms with E-state index in [1.165, 1.54) is 34.9 Å². The number of anilines is 1. The minimum absolute atomic E-state index is 0. The van der Waals surface area contributed by atoms with E-state index in [2.05, 4.69) is 10.6 Å². The maximum absolute atomic E-state index is 13.0. The Morgan fingerprint density at radius 2 is 1.97 bits per heavy atom. The summed E-state index contributed by atoms with van der Waals surface area (Å²) in [5, 5.41) is 27.1. The van der Waals surface area contributed by atoms with Gasteiger partial charge in [-0.1, -0.05) is 19.1 Å². The largest absolute Gasteiger partial charge is 1.00 e. The van der Waals surface area contributed by atoms with Crippen LogP contribution < -0.4 is 45.3 Å². The minimum atomic E-state index is -1.33. The van der Waals surface area contributed by atoms with Gasteiger partial charge in [-0.25, -0.2) is 4.79 Å². The van der Waals surface area contributed by atoms with E-state index in [0.29, 0.717) is 18.7 Å². The van der Waals surface area contributed by atoms with Crippen LogP contribution in [-0.2, 0) is 19.1 Å². The molecule has 0 unspecified atom stereocenters. The van der Waals surface area contributed by atoms with Crippen LogP contribution in [0.1, 0.15) is 44.5 Å². The van der Waals surface area contributed by atoms with Gasteiger partial charge in [0.1, 0.15) is 5.70 Å². The average molecular weight is 540 g/mol. The molecule has 12 heteroatoms. The fraction of sp³-hybridized carbons (Fsp3) is 0.520. The molecule has 0 bridgehead atoms. The normalized spacial score (nSPS) is 27.4. The zero-order valence-corrected chi connectivity index (χ0v) is 24.3. The smallest absolute Gasteiger partial charge is 0.545 e. The fourth-order valence-electron chi connectivity index (χ4n) is 5.06. The number of carboxylic acids is 1. The van der Waals surface area contributed by atoms with E-state index in [0.717, 1.165) is 4.91 Å². The van der Waals surface area contributed by atoms with Crippen LogP contribution in [0.25, 0.3) is 0 Å². The number of fused-ring (bicyclic) bond motifs is 1. The number of benzene rings is 1. The quantitative estimate of drug-likeness (QED) is 0.185. The van der Waals surface area contributed by atoms with Crippen molar-refractivity contribution in [3.8, 4) is 0 Å². The molecule has 2 fully saturated rings. The van der Waals surface area contributed by atoms with Crippen LogP contribution in [-0.4, -0.2) is 69.8 Å². The standard InChI is InChI=1S/C25H31N3O7S.Na/c1-11(2)35-25(34)20-21(12(3)19-18(13(4)29)23(31)28(19)20)36-16-9-17(26-10-16)22(30)27-15-7-5-6-14(8-15)24(32)33;/h5-8,11-13,16-19,26,29H,9-10H2,1-4H3,(H,27,30)(H,32,33);/q;+1/p-1/t12-,13-,16+,17+,18-,19-;/m1./s1. The number of aliphatic hydroxyl groups excluding tert-OH is 1. The van der Waals surface area contributed by atoms with Gasteiger partial charge >= 0.3 is 35.5 Å². The first-order valence-corrected chi connectivity index (χ1v) is 12.9. The Labute approximate surface area is 241 Å². The summed E-state index contributed by atoms with van der Waals surface area (Å²) in [5.74, 6) is -3.21. The number of nitrogens with zero attached hydrogens (tertiary/aromatic N) is 1. The molecule has 1 aromatic carbocycles. The van der Waals surface area contributed by atoms with Crippen LogP contribution in [0.4, 0.5) is 5.69 Å². The van der Waals surface area contributed by atoms with Crippen molar-refractivity contribution in [1.82, 2.24) is 10.2 Å². The van der Waals surface area contributed by atoms with Gasteiger partial charge in [-0.05, 0) is 44.9 Å². The van der Waals surface area contributed by atoms with Crippen molar-refractivity contribution in [1.29, 1.82) is 0 Å². The van der Waals surface area contributed by atoms with Gasteiger partial charge in [-0.3, -0.25) is 9.59 Å². The van der Waals surface area contributed by atoms with Gasteiger partial charge in [0.05, 0.1) is 36.2 Å². The van der Waals surface area contributed by atoms with Crippen molar-refractivity contribution in [3.05, 3.63) is 40.4 Å². The van der Waals surface area contributed by atoms with Gasteiger partial charge in [0.2, 0.25) is 11.8 Å². The summed E-state index contributed by atoms with van der Waals surface area (Å²) in [6.07, 6.45) is -0.714. The SMILES string of the molecule is CC(C)OC(=O)C1=C(S[C@@H]2CN[C@H](C(=O)Nc3cccc(C(=O)[O-])c3)C2)[C@H](C)[C@@H]2[C@@H]([C@@H](C)O)C(=O)N12.[Na+]. The summed E-state index contributed by atoms with van der Waals surface area (Å²) >= 11 is 1.46. The number of carbonyl (C=O) groups is 4. The number of carbonyl (C=O) groups excluding carboxylic acids is 4. The molecule has 0 saturated carbocycles. The molecule has 6 atom stereocenters. The zero-order chi connectivity index (χ0) is 26.3. The first-order chi connectivity index (χ1) is 17.0. The Hall–Kier alpha value is -1.89. The Balaban J connectivity index is 0.00000380. The Bertz CT molecular complexity index is 1130. The van der Waals surface area contributed by atoms with E-state index in [9.17, 15) is 29.4 Å². The third kappa shape index (κ3) is 5.91. The monoisotopic (exact) mass is 539 g/mol. The number of rotatable bonds is 8. The van der Waals surface area contributed by atoms with E-state index in [1.54, 1.807) is 26.8 Å². The summed E-state index contributed by atoms with van der Waals surface area (Å²) in [5.41, 5.74) is 0.566. The molecule has 3 aliphatic heterocycles. The number of aliphatic hydroxyl groups is 1. The fourth-order valence-corrected chi connectivity index (χ4v) is 6.54. The molecule has 3 aliphatic rings. The first-order valence-electron chi connectivity index (χ1n) is 12.0. The number of nitrogens with one attached hydrogen (secondary N) is 2. The van der Waals surface area contributed by atoms with E-state index in [1.807, 2.05) is 6.92 Å². The predicted octanol–water partition coefficient (Wildman–Crippen LogP) is -2.52. The third-order valence-corrected chi connectivity index (χ3v) is 8.22. The van der Waals surface area contributed by atoms with Gasteiger partial charge in [0, 0.05) is 28.3 Å². The number of aromatic carboxylic acids is 1. The molecule has 3 N–H and O–H groups in total. The van der Waals surface area contributed by atoms with Crippen molar-refractivity contribution in [3.63, 3.8) is 0 Å². The van der Waals surface area contributed by atoms with E-state index < -0.39 is 30.0 Å². The van der Waals surface area contributed by atoms with Crippen LogP contribution in [0.3, 0.4) is 0 Å². The van der Waals surface area contributed by atoms with Crippen LogP contribution in [0.5, 0.6) is 0 Å². The number of ether oxygens (including phenoxy) is 1. The van der Waals surface area contributed by atoms with Gasteiger partial charge in [-0.15, -0.1) is 11.8 Å². The zero-order valence-electron chi connectivity index (χ0n) is 21.5. The van der Waals surface area contributed by atoms with Crippen molar-refractivity contribution in [2.24, 2.45) is 11.8 Å². The van der Waals surface area contributed by atoms with Crippen molar-refractivity contribution in [2.75, 3.05) is 11.9 Å². The molecular formula is C25H30N3NaO7S. The van der Waals surface area contributed by atoms with E-state index in [4.69, 9.17) is 4.74 Å². The molecule has 0 aliphatic carbocycles. The number of hydrogen-bond donors (Lipinski definition) is 3. The van der Waals surface area contributed by atoms with Crippen molar-refractivity contribution >= 4 is 41.2 Å². The summed E-state index contributed by atoms with van der Waals surface area (Å²) in [6.45, 7) is 7.50. The molecule has 37 heavy (non-hydrogen) atoms. The van der Waals surface area contributed by atoms with Gasteiger partial charge in [0.25, 0.3) is 0 Å². The second-order valence-corrected chi connectivity index (χ2v) is 11.1. The second-order valence-electron chi connectivity index (χ2n) is 9.71. The maximum Gasteiger partial charge on any atom is 1.00 e. The Morgan fingerprint density at radius 3 is 2.59 bits per heavy atom. The van der Waals surface area contributed by atoms with Crippen LogP contribution in [0, 0.1) is 11.8 Å². The summed E-state index contributed by atoms with van der Waals surface area (Å²) in [7, 11) is 0.